The number of carbonyl (C=O) groups is 1. The summed E-state index contributed by atoms with van der Waals surface area (Å²) in [6.45, 7) is 5.99. The third kappa shape index (κ3) is 3.87. The highest BCUT2D eigenvalue weighted by atomic mass is 32.2. The average molecular weight is 460 g/mol. The maximum Gasteiger partial charge on any atom is 0.239 e. The molecule has 0 aliphatic heterocycles. The molecule has 5 rings (SSSR count). The topological polar surface area (TPSA) is 72.2 Å². The molecule has 3 heterocycles. The van der Waals surface area contributed by atoms with Crippen molar-refractivity contribution in [2.45, 2.75) is 31.2 Å². The third-order valence-corrected chi connectivity index (χ3v) is 7.11. The number of hydrogen-bond donors (Lipinski definition) is 1. The number of benzene rings is 2. The summed E-state index contributed by atoms with van der Waals surface area (Å²) in [4.78, 5) is 17.4. The molecule has 1 atom stereocenters. The van der Waals surface area contributed by atoms with E-state index in [0.29, 0.717) is 10.3 Å². The summed E-state index contributed by atoms with van der Waals surface area (Å²) >= 11 is 2.81. The number of aryl methyl sites for hydroxylation is 2. The molecule has 0 spiro atoms. The van der Waals surface area contributed by atoms with Gasteiger partial charge in [0.05, 0.1) is 16.5 Å². The second-order valence-corrected chi connectivity index (χ2v) is 9.84. The number of nitrogens with one attached hydrogen (secondary N) is 1. The highest BCUT2D eigenvalue weighted by Crippen LogP contribution is 2.29. The minimum Gasteiger partial charge on any atom is -0.301 e. The van der Waals surface area contributed by atoms with E-state index in [1.807, 2.05) is 47.0 Å². The Hall–Kier alpha value is -3.23. The summed E-state index contributed by atoms with van der Waals surface area (Å²) in [5.74, 6) is -0.118. The fraction of sp³-hybridized carbons (Fsp3) is 0.167. The number of pyridine rings is 1. The summed E-state index contributed by atoms with van der Waals surface area (Å²) in [7, 11) is 0. The largest absolute Gasteiger partial charge is 0.301 e. The Bertz CT molecular complexity index is 1440. The first kappa shape index (κ1) is 20.7. The molecule has 8 heteroatoms. The van der Waals surface area contributed by atoms with Crippen molar-refractivity contribution in [2.24, 2.45) is 0 Å². The normalized spacial score (nSPS) is 12.3. The molecule has 1 amide bonds. The van der Waals surface area contributed by atoms with Gasteiger partial charge in [0, 0.05) is 16.3 Å². The Kier molecular flexibility index (Phi) is 5.40. The SMILES string of the molecule is Cc1ccc(-c2csc(NC(=O)C(C)Sc3nnc4cc(C)c5ccccc5n34)n2)cc1. The minimum atomic E-state index is -0.366. The number of carbonyl (C=O) groups excluding carboxylic acids is 1. The number of para-hydroxylation sites is 1. The van der Waals surface area contributed by atoms with Crippen molar-refractivity contribution in [1.29, 1.82) is 0 Å². The van der Waals surface area contributed by atoms with E-state index in [0.717, 1.165) is 33.4 Å². The third-order valence-electron chi connectivity index (χ3n) is 5.31. The van der Waals surface area contributed by atoms with Crippen LogP contribution in [0.25, 0.3) is 27.8 Å². The summed E-state index contributed by atoms with van der Waals surface area (Å²) in [6, 6.07) is 18.4. The van der Waals surface area contributed by atoms with Gasteiger partial charge in [-0.1, -0.05) is 59.8 Å². The number of nitrogens with zero attached hydrogens (tertiary/aromatic N) is 4. The van der Waals surface area contributed by atoms with Gasteiger partial charge in [-0.15, -0.1) is 21.5 Å². The van der Waals surface area contributed by atoms with E-state index in [9.17, 15) is 4.79 Å². The fourth-order valence-corrected chi connectivity index (χ4v) is 5.15. The quantitative estimate of drug-likeness (QED) is 0.339. The molecule has 0 aliphatic rings. The molecule has 0 saturated carbocycles. The summed E-state index contributed by atoms with van der Waals surface area (Å²) in [6.07, 6.45) is 0. The number of anilines is 1. The van der Waals surface area contributed by atoms with Crippen LogP contribution in [0.1, 0.15) is 18.1 Å². The van der Waals surface area contributed by atoms with Crippen molar-refractivity contribution < 1.29 is 4.79 Å². The first-order valence-corrected chi connectivity index (χ1v) is 12.0. The van der Waals surface area contributed by atoms with Gasteiger partial charge in [0.2, 0.25) is 5.91 Å². The van der Waals surface area contributed by atoms with Crippen molar-refractivity contribution >= 4 is 50.7 Å². The molecule has 0 bridgehead atoms. The average Bonchev–Trinajstić information content (AvgIpc) is 3.42. The second-order valence-electron chi connectivity index (χ2n) is 7.67. The highest BCUT2D eigenvalue weighted by molar-refractivity contribution is 8.00. The molecular formula is C24H21N5OS2. The lowest BCUT2D eigenvalue weighted by Gasteiger charge is -2.11. The van der Waals surface area contributed by atoms with Crippen LogP contribution in [-0.2, 0) is 4.79 Å². The van der Waals surface area contributed by atoms with Crippen LogP contribution < -0.4 is 5.32 Å². The summed E-state index contributed by atoms with van der Waals surface area (Å²) in [5.41, 5.74) is 6.05. The zero-order valence-electron chi connectivity index (χ0n) is 17.9. The van der Waals surface area contributed by atoms with Crippen molar-refractivity contribution in [1.82, 2.24) is 19.6 Å². The van der Waals surface area contributed by atoms with E-state index in [1.54, 1.807) is 0 Å². The monoisotopic (exact) mass is 459 g/mol. The molecule has 0 fully saturated rings. The lowest BCUT2D eigenvalue weighted by Crippen LogP contribution is -2.22. The molecule has 0 saturated heterocycles. The molecule has 3 aromatic heterocycles. The van der Waals surface area contributed by atoms with E-state index in [-0.39, 0.29) is 11.2 Å². The number of thiazole rings is 1. The molecule has 32 heavy (non-hydrogen) atoms. The number of aromatic nitrogens is 4. The first-order valence-electron chi connectivity index (χ1n) is 10.2. The second kappa shape index (κ2) is 8.37. The van der Waals surface area contributed by atoms with E-state index in [4.69, 9.17) is 0 Å². The standard InChI is InChI=1S/C24H21N5OS2/c1-14-8-10-17(11-9-14)19-13-31-23(25-19)26-22(30)16(3)32-24-28-27-21-12-15(2)18-6-4-5-7-20(18)29(21)24/h4-13,16H,1-3H3,(H,25,26,30). The smallest absolute Gasteiger partial charge is 0.239 e. The lowest BCUT2D eigenvalue weighted by molar-refractivity contribution is -0.115. The molecule has 1 unspecified atom stereocenters. The van der Waals surface area contributed by atoms with Gasteiger partial charge in [0.15, 0.2) is 15.9 Å². The number of amides is 1. The van der Waals surface area contributed by atoms with Crippen LogP contribution in [0.4, 0.5) is 5.13 Å². The van der Waals surface area contributed by atoms with Crippen LogP contribution in [0, 0.1) is 13.8 Å². The molecule has 1 N–H and O–H groups in total. The van der Waals surface area contributed by atoms with Gasteiger partial charge in [-0.25, -0.2) is 4.98 Å². The molecule has 2 aromatic carbocycles. The minimum absolute atomic E-state index is 0.118. The Morgan fingerprint density at radius 1 is 1.09 bits per heavy atom. The number of hydrogen-bond acceptors (Lipinski definition) is 6. The van der Waals surface area contributed by atoms with Crippen LogP contribution in [0.2, 0.25) is 0 Å². The van der Waals surface area contributed by atoms with Gasteiger partial charge in [0.25, 0.3) is 0 Å². The number of fused-ring (bicyclic) bond motifs is 3. The Labute approximate surface area is 193 Å². The maximum absolute atomic E-state index is 12.9. The van der Waals surface area contributed by atoms with E-state index in [1.165, 1.54) is 28.7 Å². The lowest BCUT2D eigenvalue weighted by atomic mass is 10.1. The van der Waals surface area contributed by atoms with Gasteiger partial charge >= 0.3 is 0 Å². The molecule has 6 nitrogen and oxygen atoms in total. The Balaban J connectivity index is 1.35. The van der Waals surface area contributed by atoms with Crippen molar-refractivity contribution in [3.8, 4) is 11.3 Å². The van der Waals surface area contributed by atoms with Crippen LogP contribution in [-0.4, -0.2) is 30.7 Å². The Morgan fingerprint density at radius 3 is 2.69 bits per heavy atom. The predicted octanol–water partition coefficient (Wildman–Crippen LogP) is 5.74. The molecule has 160 valence electrons. The number of thioether (sulfide) groups is 1. The van der Waals surface area contributed by atoms with Crippen LogP contribution in [0.3, 0.4) is 0 Å². The van der Waals surface area contributed by atoms with E-state index < -0.39 is 0 Å². The molecular weight excluding hydrogens is 438 g/mol. The molecule has 0 radical (unpaired) electrons. The summed E-state index contributed by atoms with van der Waals surface area (Å²) in [5, 5.41) is 15.6. The van der Waals surface area contributed by atoms with Gasteiger partial charge in [-0.05, 0) is 38.5 Å². The number of rotatable bonds is 5. The Morgan fingerprint density at radius 2 is 1.88 bits per heavy atom. The van der Waals surface area contributed by atoms with Gasteiger partial charge in [-0.2, -0.15) is 0 Å². The fourth-order valence-electron chi connectivity index (χ4n) is 3.56. The summed E-state index contributed by atoms with van der Waals surface area (Å²) < 4.78 is 2.01. The van der Waals surface area contributed by atoms with Crippen LogP contribution in [0.5, 0.6) is 0 Å². The van der Waals surface area contributed by atoms with Crippen molar-refractivity contribution in [2.75, 3.05) is 5.32 Å². The zero-order valence-corrected chi connectivity index (χ0v) is 19.5. The first-order chi connectivity index (χ1) is 15.5. The van der Waals surface area contributed by atoms with Crippen LogP contribution >= 0.6 is 23.1 Å². The van der Waals surface area contributed by atoms with E-state index >= 15 is 0 Å². The predicted molar refractivity (Wildman–Crippen MR) is 131 cm³/mol. The molecule has 5 aromatic rings. The maximum atomic E-state index is 12.9. The van der Waals surface area contributed by atoms with Crippen LogP contribution in [0.15, 0.2) is 65.1 Å². The van der Waals surface area contributed by atoms with E-state index in [2.05, 4.69) is 58.6 Å². The van der Waals surface area contributed by atoms with Crippen molar-refractivity contribution in [3.05, 3.63) is 71.1 Å². The van der Waals surface area contributed by atoms with Crippen molar-refractivity contribution in [3.63, 3.8) is 0 Å². The van der Waals surface area contributed by atoms with Gasteiger partial charge in [-0.3, -0.25) is 9.20 Å². The molecule has 0 aliphatic carbocycles. The van der Waals surface area contributed by atoms with Gasteiger partial charge in [0.1, 0.15) is 0 Å². The highest BCUT2D eigenvalue weighted by Gasteiger charge is 2.20. The van der Waals surface area contributed by atoms with Gasteiger partial charge < -0.3 is 5.32 Å². The zero-order chi connectivity index (χ0) is 22.2.